The van der Waals surface area contributed by atoms with Crippen molar-refractivity contribution in [3.8, 4) is 0 Å². The Labute approximate surface area is 107 Å². The summed E-state index contributed by atoms with van der Waals surface area (Å²) < 4.78 is 2.88. The molecule has 3 rings (SSSR count). The van der Waals surface area contributed by atoms with E-state index in [0.717, 1.165) is 22.4 Å². The van der Waals surface area contributed by atoms with Gasteiger partial charge in [-0.25, -0.2) is 9.97 Å². The first-order chi connectivity index (χ1) is 8.34. The molecule has 0 bridgehead atoms. The van der Waals surface area contributed by atoms with E-state index in [4.69, 9.17) is 0 Å². The fourth-order valence-electron chi connectivity index (χ4n) is 1.86. The van der Waals surface area contributed by atoms with Gasteiger partial charge in [-0.2, -0.15) is 0 Å². The monoisotopic (exact) mass is 287 g/mol. The first-order valence-electron chi connectivity index (χ1n) is 5.35. The van der Waals surface area contributed by atoms with Crippen LogP contribution in [-0.2, 0) is 6.42 Å². The number of halogens is 1. The summed E-state index contributed by atoms with van der Waals surface area (Å²) in [7, 11) is 0. The van der Waals surface area contributed by atoms with Crippen molar-refractivity contribution in [3.05, 3.63) is 64.9 Å². The van der Waals surface area contributed by atoms with Crippen LogP contribution in [0.5, 0.6) is 0 Å². The van der Waals surface area contributed by atoms with Gasteiger partial charge in [-0.05, 0) is 27.6 Å². The summed E-state index contributed by atoms with van der Waals surface area (Å²) in [6.07, 6.45) is 4.37. The van der Waals surface area contributed by atoms with E-state index < -0.39 is 0 Å². The number of benzene rings is 1. The maximum atomic E-state index is 4.52. The third kappa shape index (κ3) is 1.96. The van der Waals surface area contributed by atoms with Crippen LogP contribution in [0.25, 0.3) is 5.52 Å². The zero-order valence-corrected chi connectivity index (χ0v) is 10.6. The van der Waals surface area contributed by atoms with Crippen LogP contribution >= 0.6 is 15.9 Å². The molecule has 0 aliphatic carbocycles. The van der Waals surface area contributed by atoms with Gasteiger partial charge < -0.3 is 0 Å². The Morgan fingerprint density at radius 1 is 1.12 bits per heavy atom. The Morgan fingerprint density at radius 2 is 1.94 bits per heavy atom. The second-order valence-corrected chi connectivity index (χ2v) is 4.57. The minimum Gasteiger partial charge on any atom is -0.286 e. The van der Waals surface area contributed by atoms with Gasteiger partial charge in [0.2, 0.25) is 0 Å². The predicted octanol–water partition coefficient (Wildman–Crippen LogP) is 3.08. The van der Waals surface area contributed by atoms with E-state index in [2.05, 4.69) is 38.0 Å². The van der Waals surface area contributed by atoms with Crippen LogP contribution < -0.4 is 0 Å². The smallest absolute Gasteiger partial charge is 0.132 e. The number of hydrogen-bond donors (Lipinski definition) is 0. The Kier molecular flexibility index (Phi) is 2.65. The van der Waals surface area contributed by atoms with Gasteiger partial charge in [0, 0.05) is 12.6 Å². The lowest BCUT2D eigenvalue weighted by Gasteiger charge is -2.00. The highest BCUT2D eigenvalue weighted by atomic mass is 79.9. The number of fused-ring (bicyclic) bond motifs is 1. The van der Waals surface area contributed by atoms with Crippen LogP contribution in [0.4, 0.5) is 0 Å². The van der Waals surface area contributed by atoms with Crippen LogP contribution in [-0.4, -0.2) is 14.4 Å². The summed E-state index contributed by atoms with van der Waals surface area (Å²) in [6.45, 7) is 0. The molecule has 0 atom stereocenters. The third-order valence-electron chi connectivity index (χ3n) is 2.68. The van der Waals surface area contributed by atoms with E-state index in [0.29, 0.717) is 0 Å². The van der Waals surface area contributed by atoms with Crippen LogP contribution in [0.2, 0.25) is 0 Å². The van der Waals surface area contributed by atoms with Crippen LogP contribution in [0.1, 0.15) is 11.4 Å². The van der Waals surface area contributed by atoms with Crippen LogP contribution in [0, 0.1) is 0 Å². The minimum atomic E-state index is 0.805. The first-order valence-corrected chi connectivity index (χ1v) is 6.14. The van der Waals surface area contributed by atoms with Gasteiger partial charge >= 0.3 is 0 Å². The lowest BCUT2D eigenvalue weighted by Crippen LogP contribution is -1.96. The molecule has 2 heterocycles. The van der Waals surface area contributed by atoms with Gasteiger partial charge in [-0.1, -0.05) is 30.3 Å². The van der Waals surface area contributed by atoms with Crippen molar-refractivity contribution in [2.24, 2.45) is 0 Å². The average Bonchev–Trinajstić information content (AvgIpc) is 2.69. The number of rotatable bonds is 2. The number of imidazole rings is 1. The van der Waals surface area contributed by atoms with E-state index in [1.165, 1.54) is 5.56 Å². The molecule has 0 saturated carbocycles. The van der Waals surface area contributed by atoms with E-state index in [1.807, 2.05) is 28.7 Å². The number of hydrogen-bond acceptors (Lipinski definition) is 2. The van der Waals surface area contributed by atoms with Gasteiger partial charge in [0.15, 0.2) is 0 Å². The van der Waals surface area contributed by atoms with Crippen molar-refractivity contribution in [1.82, 2.24) is 14.4 Å². The third-order valence-corrected chi connectivity index (χ3v) is 3.27. The van der Waals surface area contributed by atoms with Crippen molar-refractivity contribution < 1.29 is 0 Å². The molecule has 3 nitrogen and oxygen atoms in total. The molecule has 3 aromatic rings. The van der Waals surface area contributed by atoms with Gasteiger partial charge in [0.1, 0.15) is 16.8 Å². The normalized spacial score (nSPS) is 10.9. The Morgan fingerprint density at radius 3 is 2.76 bits per heavy atom. The fraction of sp³-hybridized carbons (Fsp3) is 0.0769. The number of aromatic nitrogens is 3. The van der Waals surface area contributed by atoms with Gasteiger partial charge in [0.05, 0.1) is 5.52 Å². The molecule has 0 unspecified atom stereocenters. The van der Waals surface area contributed by atoms with Crippen LogP contribution in [0.15, 0.2) is 53.5 Å². The summed E-state index contributed by atoms with van der Waals surface area (Å²) in [5, 5.41) is 0. The van der Waals surface area contributed by atoms with Crippen molar-refractivity contribution in [1.29, 1.82) is 0 Å². The lowest BCUT2D eigenvalue weighted by atomic mass is 10.1. The van der Waals surface area contributed by atoms with Gasteiger partial charge in [0.25, 0.3) is 0 Å². The quantitative estimate of drug-likeness (QED) is 0.725. The molecule has 0 N–H and O–H groups in total. The van der Waals surface area contributed by atoms with Crippen molar-refractivity contribution >= 4 is 21.4 Å². The summed E-state index contributed by atoms with van der Waals surface area (Å²) in [4.78, 5) is 8.66. The molecular formula is C13H10BrN3. The molecule has 0 aliphatic rings. The lowest BCUT2D eigenvalue weighted by molar-refractivity contribution is 0.935. The highest BCUT2D eigenvalue weighted by Gasteiger charge is 2.08. The van der Waals surface area contributed by atoms with Crippen molar-refractivity contribution in [2.75, 3.05) is 0 Å². The van der Waals surface area contributed by atoms with E-state index >= 15 is 0 Å². The average molecular weight is 288 g/mol. The SMILES string of the molecule is Brc1nc(Cc2ccccc2)n2cnccc12. The maximum Gasteiger partial charge on any atom is 0.132 e. The Bertz CT molecular complexity index is 646. The molecule has 0 fully saturated rings. The zero-order valence-electron chi connectivity index (χ0n) is 9.05. The number of nitrogens with zero attached hydrogens (tertiary/aromatic N) is 3. The second-order valence-electron chi connectivity index (χ2n) is 3.82. The summed E-state index contributed by atoms with van der Waals surface area (Å²) in [5.41, 5.74) is 2.29. The maximum absolute atomic E-state index is 4.52. The topological polar surface area (TPSA) is 30.2 Å². The molecule has 0 spiro atoms. The van der Waals surface area contributed by atoms with Crippen molar-refractivity contribution in [3.63, 3.8) is 0 Å². The van der Waals surface area contributed by atoms with E-state index in [1.54, 1.807) is 12.5 Å². The molecule has 17 heavy (non-hydrogen) atoms. The molecule has 84 valence electrons. The van der Waals surface area contributed by atoms with E-state index in [-0.39, 0.29) is 0 Å². The largest absolute Gasteiger partial charge is 0.286 e. The highest BCUT2D eigenvalue weighted by molar-refractivity contribution is 9.10. The molecule has 1 aromatic carbocycles. The molecule has 0 aliphatic heterocycles. The van der Waals surface area contributed by atoms with Gasteiger partial charge in [-0.3, -0.25) is 4.40 Å². The predicted molar refractivity (Wildman–Crippen MR) is 69.9 cm³/mol. The fourth-order valence-corrected chi connectivity index (χ4v) is 2.39. The standard InChI is InChI=1S/C13H10BrN3/c14-13-11-6-7-15-9-17(11)12(16-13)8-10-4-2-1-3-5-10/h1-7,9H,8H2. The second kappa shape index (κ2) is 4.30. The minimum absolute atomic E-state index is 0.805. The Balaban J connectivity index is 2.07. The molecule has 4 heteroatoms. The summed E-state index contributed by atoms with van der Waals surface area (Å²) in [6, 6.07) is 12.3. The van der Waals surface area contributed by atoms with Gasteiger partial charge in [-0.15, -0.1) is 0 Å². The molecule has 2 aromatic heterocycles. The summed E-state index contributed by atoms with van der Waals surface area (Å²) >= 11 is 3.47. The zero-order chi connectivity index (χ0) is 11.7. The van der Waals surface area contributed by atoms with Crippen LogP contribution in [0.3, 0.4) is 0 Å². The molecule has 0 radical (unpaired) electrons. The summed E-state index contributed by atoms with van der Waals surface area (Å²) in [5.74, 6) is 0.992. The van der Waals surface area contributed by atoms with E-state index in [9.17, 15) is 0 Å². The van der Waals surface area contributed by atoms with Crippen molar-refractivity contribution in [2.45, 2.75) is 6.42 Å². The first kappa shape index (κ1) is 10.5. The molecular weight excluding hydrogens is 278 g/mol. The molecule has 0 amide bonds. The highest BCUT2D eigenvalue weighted by Crippen LogP contribution is 2.19. The Hall–Kier alpha value is -1.68. The molecule has 0 saturated heterocycles.